The van der Waals surface area contributed by atoms with Crippen LogP contribution in [0.5, 0.6) is 0 Å². The summed E-state index contributed by atoms with van der Waals surface area (Å²) in [6.07, 6.45) is 6.30. The number of primary amides is 1. The highest BCUT2D eigenvalue weighted by atomic mass is 16.5. The number of carbonyl (C=O) groups excluding carboxylic acids is 2. The smallest absolute Gasteiger partial charge is 0.253 e. The summed E-state index contributed by atoms with van der Waals surface area (Å²) in [6.45, 7) is 1.68. The van der Waals surface area contributed by atoms with E-state index in [2.05, 4.69) is 30.7 Å². The molecule has 4 N–H and O–H groups in total. The summed E-state index contributed by atoms with van der Waals surface area (Å²) in [5.74, 6) is 1.09. The number of hydrogen-bond acceptors (Lipinski definition) is 9. The van der Waals surface area contributed by atoms with Gasteiger partial charge in [0.25, 0.3) is 11.8 Å². The maximum atomic E-state index is 13.4. The van der Waals surface area contributed by atoms with Gasteiger partial charge in [-0.2, -0.15) is 4.98 Å². The SMILES string of the molecule is NC(=O)c1cnc(Nc2cccc(C(=O)N3CCC(c4nc(-c5cccnc5)no4)CC3)c2)cc1NCc1ccccc1. The summed E-state index contributed by atoms with van der Waals surface area (Å²) < 4.78 is 5.54. The Kier molecular flexibility index (Phi) is 8.03. The number of hydrogen-bond donors (Lipinski definition) is 3. The van der Waals surface area contributed by atoms with Crippen LogP contribution in [0, 0.1) is 0 Å². The molecule has 0 atom stereocenters. The van der Waals surface area contributed by atoms with E-state index < -0.39 is 5.91 Å². The molecule has 5 aromatic rings. The van der Waals surface area contributed by atoms with Crippen LogP contribution in [0.2, 0.25) is 0 Å². The van der Waals surface area contributed by atoms with Crippen LogP contribution in [0.15, 0.2) is 95.9 Å². The second-order valence-electron chi connectivity index (χ2n) is 10.3. The number of rotatable bonds is 9. The predicted octanol–water partition coefficient (Wildman–Crippen LogP) is 5.00. The molecule has 0 radical (unpaired) electrons. The largest absolute Gasteiger partial charge is 0.380 e. The Balaban J connectivity index is 1.09. The van der Waals surface area contributed by atoms with Crippen molar-refractivity contribution in [3.05, 3.63) is 114 Å². The Morgan fingerprint density at radius 1 is 0.977 bits per heavy atom. The molecule has 0 bridgehead atoms. The zero-order chi connectivity index (χ0) is 29.6. The van der Waals surface area contributed by atoms with Crippen molar-refractivity contribution >= 4 is 29.0 Å². The van der Waals surface area contributed by atoms with Crippen LogP contribution in [-0.4, -0.2) is 49.9 Å². The average molecular weight is 575 g/mol. The van der Waals surface area contributed by atoms with Gasteiger partial charge in [-0.15, -0.1) is 0 Å². The normalized spacial score (nSPS) is 13.4. The van der Waals surface area contributed by atoms with Crippen molar-refractivity contribution in [2.24, 2.45) is 5.73 Å². The lowest BCUT2D eigenvalue weighted by atomic mass is 9.96. The van der Waals surface area contributed by atoms with Gasteiger partial charge in [-0.25, -0.2) is 4.98 Å². The number of anilines is 3. The molecule has 1 aliphatic rings. The van der Waals surface area contributed by atoms with Gasteiger partial charge in [-0.05, 0) is 48.7 Å². The first-order chi connectivity index (χ1) is 21.0. The van der Waals surface area contributed by atoms with Gasteiger partial charge in [0, 0.05) is 67.0 Å². The summed E-state index contributed by atoms with van der Waals surface area (Å²) >= 11 is 0. The fourth-order valence-electron chi connectivity index (χ4n) is 5.06. The van der Waals surface area contributed by atoms with Crippen LogP contribution < -0.4 is 16.4 Å². The number of piperidine rings is 1. The third kappa shape index (κ3) is 6.51. The number of nitrogens with zero attached hydrogens (tertiary/aromatic N) is 5. The molecule has 4 heterocycles. The minimum absolute atomic E-state index is 0.0501. The van der Waals surface area contributed by atoms with E-state index in [4.69, 9.17) is 10.3 Å². The van der Waals surface area contributed by atoms with Crippen molar-refractivity contribution in [1.29, 1.82) is 0 Å². The van der Waals surface area contributed by atoms with E-state index in [0.29, 0.717) is 59.7 Å². The lowest BCUT2D eigenvalue weighted by molar-refractivity contribution is 0.0704. The monoisotopic (exact) mass is 574 g/mol. The number of carbonyl (C=O) groups is 2. The van der Waals surface area contributed by atoms with Crippen molar-refractivity contribution < 1.29 is 14.1 Å². The first-order valence-electron chi connectivity index (χ1n) is 14.0. The number of nitrogens with two attached hydrogens (primary N) is 1. The van der Waals surface area contributed by atoms with Crippen molar-refractivity contribution in [1.82, 2.24) is 25.0 Å². The van der Waals surface area contributed by atoms with E-state index >= 15 is 0 Å². The fourth-order valence-corrected chi connectivity index (χ4v) is 5.06. The maximum Gasteiger partial charge on any atom is 0.253 e. The van der Waals surface area contributed by atoms with Gasteiger partial charge in [0.15, 0.2) is 0 Å². The lowest BCUT2D eigenvalue weighted by Gasteiger charge is -2.30. The number of aromatic nitrogens is 4. The van der Waals surface area contributed by atoms with Crippen LogP contribution in [0.25, 0.3) is 11.4 Å². The predicted molar refractivity (Wildman–Crippen MR) is 162 cm³/mol. The molecular formula is C32H30N8O3. The molecule has 0 spiro atoms. The molecule has 1 aliphatic heterocycles. The Hall–Kier alpha value is -5.58. The van der Waals surface area contributed by atoms with E-state index in [1.807, 2.05) is 59.5 Å². The van der Waals surface area contributed by atoms with Crippen LogP contribution in [0.3, 0.4) is 0 Å². The molecule has 0 saturated carbocycles. The van der Waals surface area contributed by atoms with E-state index in [1.54, 1.807) is 30.6 Å². The summed E-state index contributed by atoms with van der Waals surface area (Å²) in [5, 5.41) is 10.6. The van der Waals surface area contributed by atoms with Crippen molar-refractivity contribution in [2.45, 2.75) is 25.3 Å². The molecule has 2 aromatic carbocycles. The van der Waals surface area contributed by atoms with Crippen LogP contribution in [-0.2, 0) is 6.54 Å². The minimum Gasteiger partial charge on any atom is -0.380 e. The maximum absolute atomic E-state index is 13.4. The van der Waals surface area contributed by atoms with Gasteiger partial charge >= 0.3 is 0 Å². The van der Waals surface area contributed by atoms with E-state index in [9.17, 15) is 9.59 Å². The first-order valence-corrected chi connectivity index (χ1v) is 14.0. The van der Waals surface area contributed by atoms with Crippen LogP contribution in [0.1, 0.15) is 50.9 Å². The number of likely N-dealkylation sites (tertiary alicyclic amines) is 1. The second kappa shape index (κ2) is 12.5. The summed E-state index contributed by atoms with van der Waals surface area (Å²) in [7, 11) is 0. The molecule has 43 heavy (non-hydrogen) atoms. The van der Waals surface area contributed by atoms with Gasteiger partial charge < -0.3 is 25.8 Å². The first kappa shape index (κ1) is 27.6. The highest BCUT2D eigenvalue weighted by Gasteiger charge is 2.28. The van der Waals surface area contributed by atoms with Crippen molar-refractivity contribution in [3.8, 4) is 11.4 Å². The molecule has 2 amide bonds. The molecule has 11 heteroatoms. The van der Waals surface area contributed by atoms with Gasteiger partial charge in [0.05, 0.1) is 11.3 Å². The van der Waals surface area contributed by atoms with Gasteiger partial charge in [-0.1, -0.05) is 41.6 Å². The Morgan fingerprint density at radius 3 is 2.58 bits per heavy atom. The zero-order valence-corrected chi connectivity index (χ0v) is 23.3. The van der Waals surface area contributed by atoms with Crippen LogP contribution >= 0.6 is 0 Å². The molecule has 1 saturated heterocycles. The van der Waals surface area contributed by atoms with E-state index in [1.165, 1.54) is 6.20 Å². The third-order valence-electron chi connectivity index (χ3n) is 7.37. The molecular weight excluding hydrogens is 544 g/mol. The number of nitrogens with one attached hydrogen (secondary N) is 2. The molecule has 11 nitrogen and oxygen atoms in total. The average Bonchev–Trinajstić information content (AvgIpc) is 3.55. The number of benzene rings is 2. The quantitative estimate of drug-likeness (QED) is 0.221. The van der Waals surface area contributed by atoms with Gasteiger partial charge in [-0.3, -0.25) is 14.6 Å². The highest BCUT2D eigenvalue weighted by Crippen LogP contribution is 2.30. The Labute approximate surface area is 248 Å². The standard InChI is InChI=1S/C32H30N8O3/c33-29(41)26-20-36-28(17-27(26)35-18-21-6-2-1-3-7-21)37-25-10-4-8-23(16-25)32(42)40-14-11-22(12-15-40)31-38-30(39-43-31)24-9-5-13-34-19-24/h1-10,13,16-17,19-20,22H,11-12,14-15,18H2,(H2,33,41)(H2,35,36,37). The van der Waals surface area contributed by atoms with E-state index in [-0.39, 0.29) is 11.8 Å². The van der Waals surface area contributed by atoms with Crippen LogP contribution in [0.4, 0.5) is 17.2 Å². The molecule has 0 unspecified atom stereocenters. The third-order valence-corrected chi connectivity index (χ3v) is 7.37. The molecule has 3 aromatic heterocycles. The number of amides is 2. The zero-order valence-electron chi connectivity index (χ0n) is 23.3. The molecule has 1 fully saturated rings. The van der Waals surface area contributed by atoms with Gasteiger partial charge in [0.2, 0.25) is 11.7 Å². The second-order valence-corrected chi connectivity index (χ2v) is 10.3. The lowest BCUT2D eigenvalue weighted by Crippen LogP contribution is -2.38. The fraction of sp³-hybridized carbons (Fsp3) is 0.188. The molecule has 0 aliphatic carbocycles. The summed E-state index contributed by atoms with van der Waals surface area (Å²) in [4.78, 5) is 40.3. The topological polar surface area (TPSA) is 152 Å². The van der Waals surface area contributed by atoms with Crippen molar-refractivity contribution in [2.75, 3.05) is 23.7 Å². The number of pyridine rings is 2. The van der Waals surface area contributed by atoms with E-state index in [0.717, 1.165) is 24.0 Å². The minimum atomic E-state index is -0.570. The molecule has 6 rings (SSSR count). The van der Waals surface area contributed by atoms with Gasteiger partial charge in [0.1, 0.15) is 5.82 Å². The summed E-state index contributed by atoms with van der Waals surface area (Å²) in [6, 6.07) is 22.6. The summed E-state index contributed by atoms with van der Waals surface area (Å²) in [5.41, 5.74) is 9.57. The Morgan fingerprint density at radius 2 is 1.81 bits per heavy atom. The highest BCUT2D eigenvalue weighted by molar-refractivity contribution is 5.99. The molecule has 216 valence electrons. The van der Waals surface area contributed by atoms with Crippen molar-refractivity contribution in [3.63, 3.8) is 0 Å². The Bertz CT molecular complexity index is 1720.